The van der Waals surface area contributed by atoms with Gasteiger partial charge in [-0.15, -0.1) is 0 Å². The molecule has 4 heteroatoms. The Morgan fingerprint density at radius 3 is 1.64 bits per heavy atom. The second-order valence-electron chi connectivity index (χ2n) is 5.35. The Hall–Kier alpha value is -1.71. The lowest BCUT2D eigenvalue weighted by atomic mass is 9.96. The minimum absolute atomic E-state index is 0.299. The lowest BCUT2D eigenvalue weighted by Crippen LogP contribution is -2.13. The summed E-state index contributed by atoms with van der Waals surface area (Å²) in [7, 11) is 3.94. The summed E-state index contributed by atoms with van der Waals surface area (Å²) in [5, 5.41) is 0.673. The molecule has 0 atom stereocenters. The summed E-state index contributed by atoms with van der Waals surface area (Å²) in [6.45, 7) is 0.796. The van der Waals surface area contributed by atoms with E-state index in [0.717, 1.165) is 23.2 Å². The molecule has 0 fully saturated rings. The summed E-state index contributed by atoms with van der Waals surface area (Å²) >= 11 is 6.51. The van der Waals surface area contributed by atoms with Crippen molar-refractivity contribution in [1.29, 1.82) is 0 Å². The first-order valence-corrected chi connectivity index (χ1v) is 7.40. The van der Waals surface area contributed by atoms with Crippen molar-refractivity contribution in [1.82, 2.24) is 4.90 Å². The molecule has 0 saturated heterocycles. The van der Waals surface area contributed by atoms with Crippen LogP contribution in [0.1, 0.15) is 17.5 Å². The number of halogens is 3. The summed E-state index contributed by atoms with van der Waals surface area (Å²) in [5.74, 6) is -0.599. The summed E-state index contributed by atoms with van der Waals surface area (Å²) in [4.78, 5) is 2.04. The zero-order valence-corrected chi connectivity index (χ0v) is 13.4. The van der Waals surface area contributed by atoms with Crippen molar-refractivity contribution in [3.63, 3.8) is 0 Å². The van der Waals surface area contributed by atoms with Gasteiger partial charge in [0.25, 0.3) is 0 Å². The fourth-order valence-corrected chi connectivity index (χ4v) is 2.46. The zero-order valence-electron chi connectivity index (χ0n) is 12.6. The number of benzene rings is 2. The van der Waals surface area contributed by atoms with E-state index in [2.05, 4.69) is 0 Å². The van der Waals surface area contributed by atoms with Gasteiger partial charge in [-0.25, -0.2) is 8.78 Å². The molecule has 2 rings (SSSR count). The van der Waals surface area contributed by atoms with Crippen molar-refractivity contribution in [2.45, 2.75) is 6.42 Å². The van der Waals surface area contributed by atoms with Crippen molar-refractivity contribution >= 4 is 17.2 Å². The van der Waals surface area contributed by atoms with Crippen molar-refractivity contribution < 1.29 is 8.78 Å². The van der Waals surface area contributed by atoms with Crippen LogP contribution < -0.4 is 0 Å². The summed E-state index contributed by atoms with van der Waals surface area (Å²) in [6, 6.07) is 12.3. The van der Waals surface area contributed by atoms with Crippen LogP contribution in [0, 0.1) is 11.6 Å². The van der Waals surface area contributed by atoms with Crippen LogP contribution in [0.15, 0.2) is 53.6 Å². The molecule has 0 bridgehead atoms. The summed E-state index contributed by atoms with van der Waals surface area (Å²) in [6.07, 6.45) is 0.665. The SMILES string of the molecule is CN(C)CCC(Cl)=C(c1ccc(F)cc1)c1ccc(F)cc1. The molecule has 1 nitrogen and oxygen atoms in total. The molecule has 22 heavy (non-hydrogen) atoms. The van der Waals surface area contributed by atoms with Crippen molar-refractivity contribution in [3.8, 4) is 0 Å². The van der Waals surface area contributed by atoms with E-state index in [1.165, 1.54) is 24.3 Å². The van der Waals surface area contributed by atoms with E-state index in [0.29, 0.717) is 11.5 Å². The van der Waals surface area contributed by atoms with Gasteiger partial charge in [-0.2, -0.15) is 0 Å². The summed E-state index contributed by atoms with van der Waals surface area (Å²) in [5.41, 5.74) is 2.44. The first kappa shape index (κ1) is 16.7. The van der Waals surface area contributed by atoms with Crippen LogP contribution in [0.3, 0.4) is 0 Å². The van der Waals surface area contributed by atoms with Gasteiger partial charge >= 0.3 is 0 Å². The van der Waals surface area contributed by atoms with Crippen LogP contribution in [0.25, 0.3) is 5.57 Å². The molecule has 0 N–H and O–H groups in total. The fourth-order valence-electron chi connectivity index (χ4n) is 2.16. The molecule has 0 unspecified atom stereocenters. The molecular formula is C18H18ClF2N. The van der Waals surface area contributed by atoms with Crippen molar-refractivity contribution in [2.75, 3.05) is 20.6 Å². The molecule has 2 aromatic carbocycles. The maximum absolute atomic E-state index is 13.2. The van der Waals surface area contributed by atoms with Crippen molar-refractivity contribution in [3.05, 3.63) is 76.3 Å². The molecular weight excluding hydrogens is 304 g/mol. The van der Waals surface area contributed by atoms with Crippen LogP contribution in [-0.2, 0) is 0 Å². The standard InChI is InChI=1S/C18H18ClF2N/c1-22(2)12-11-17(19)18(13-3-7-15(20)8-4-13)14-5-9-16(21)10-6-14/h3-10H,11-12H2,1-2H3. The van der Waals surface area contributed by atoms with Gasteiger partial charge in [-0.05, 0) is 55.9 Å². The lowest BCUT2D eigenvalue weighted by Gasteiger charge is -2.14. The smallest absolute Gasteiger partial charge is 0.123 e. The predicted octanol–water partition coefficient (Wildman–Crippen LogP) is 4.91. The van der Waals surface area contributed by atoms with Crippen LogP contribution in [-0.4, -0.2) is 25.5 Å². The van der Waals surface area contributed by atoms with Crippen LogP contribution >= 0.6 is 11.6 Å². The largest absolute Gasteiger partial charge is 0.309 e. The fraction of sp³-hybridized carbons (Fsp3) is 0.222. The van der Waals surface area contributed by atoms with E-state index in [-0.39, 0.29) is 11.6 Å². The normalized spacial score (nSPS) is 10.8. The quantitative estimate of drug-likeness (QED) is 0.756. The Bertz CT molecular complexity index is 598. The highest BCUT2D eigenvalue weighted by Crippen LogP contribution is 2.31. The Morgan fingerprint density at radius 2 is 1.27 bits per heavy atom. The lowest BCUT2D eigenvalue weighted by molar-refractivity contribution is 0.416. The van der Waals surface area contributed by atoms with E-state index < -0.39 is 0 Å². The Morgan fingerprint density at radius 1 is 0.864 bits per heavy atom. The highest BCUT2D eigenvalue weighted by atomic mass is 35.5. The molecule has 2 aromatic rings. The third kappa shape index (κ3) is 4.39. The maximum Gasteiger partial charge on any atom is 0.123 e. The first-order valence-electron chi connectivity index (χ1n) is 7.02. The third-order valence-corrected chi connectivity index (χ3v) is 3.69. The zero-order chi connectivity index (χ0) is 16.1. The molecule has 0 amide bonds. The molecule has 0 heterocycles. The molecule has 0 aromatic heterocycles. The second-order valence-corrected chi connectivity index (χ2v) is 5.80. The molecule has 0 aliphatic rings. The van der Waals surface area contributed by atoms with Gasteiger partial charge in [-0.1, -0.05) is 35.9 Å². The molecule has 0 radical (unpaired) electrons. The molecule has 0 spiro atoms. The van der Waals surface area contributed by atoms with Gasteiger partial charge in [0, 0.05) is 17.2 Å². The number of hydrogen-bond acceptors (Lipinski definition) is 1. The van der Waals surface area contributed by atoms with Gasteiger partial charge in [0.2, 0.25) is 0 Å². The van der Waals surface area contributed by atoms with E-state index in [4.69, 9.17) is 11.6 Å². The minimum Gasteiger partial charge on any atom is -0.309 e. The topological polar surface area (TPSA) is 3.24 Å². The van der Waals surface area contributed by atoms with E-state index in [9.17, 15) is 8.78 Å². The highest BCUT2D eigenvalue weighted by Gasteiger charge is 2.11. The van der Waals surface area contributed by atoms with Gasteiger partial charge in [-0.3, -0.25) is 0 Å². The van der Waals surface area contributed by atoms with Crippen molar-refractivity contribution in [2.24, 2.45) is 0 Å². The monoisotopic (exact) mass is 321 g/mol. The third-order valence-electron chi connectivity index (χ3n) is 3.32. The number of nitrogens with zero attached hydrogens (tertiary/aromatic N) is 1. The Balaban J connectivity index is 2.46. The maximum atomic E-state index is 13.2. The van der Waals surface area contributed by atoms with Crippen LogP contribution in [0.4, 0.5) is 8.78 Å². The van der Waals surface area contributed by atoms with E-state index in [1.807, 2.05) is 19.0 Å². The average Bonchev–Trinajstić information content (AvgIpc) is 2.49. The molecule has 116 valence electrons. The van der Waals surface area contributed by atoms with E-state index >= 15 is 0 Å². The summed E-state index contributed by atoms with van der Waals surface area (Å²) < 4.78 is 26.3. The second kappa shape index (κ2) is 7.52. The van der Waals surface area contributed by atoms with Gasteiger partial charge in [0.15, 0.2) is 0 Å². The Kier molecular flexibility index (Phi) is 5.69. The molecule has 0 saturated carbocycles. The first-order chi connectivity index (χ1) is 10.5. The van der Waals surface area contributed by atoms with Crippen LogP contribution in [0.5, 0.6) is 0 Å². The van der Waals surface area contributed by atoms with Crippen LogP contribution in [0.2, 0.25) is 0 Å². The molecule has 0 aliphatic heterocycles. The number of hydrogen-bond donors (Lipinski definition) is 0. The minimum atomic E-state index is -0.299. The average molecular weight is 322 g/mol. The predicted molar refractivity (Wildman–Crippen MR) is 87.8 cm³/mol. The highest BCUT2D eigenvalue weighted by molar-refractivity contribution is 6.33. The van der Waals surface area contributed by atoms with E-state index in [1.54, 1.807) is 24.3 Å². The van der Waals surface area contributed by atoms with Gasteiger partial charge < -0.3 is 4.90 Å². The number of rotatable bonds is 5. The molecule has 0 aliphatic carbocycles. The van der Waals surface area contributed by atoms with Gasteiger partial charge in [0.05, 0.1) is 0 Å². The Labute approximate surface area is 134 Å². The van der Waals surface area contributed by atoms with Gasteiger partial charge in [0.1, 0.15) is 11.6 Å².